The lowest BCUT2D eigenvalue weighted by atomic mass is 9.82. The Morgan fingerprint density at radius 2 is 1.72 bits per heavy atom. The lowest BCUT2D eigenvalue weighted by molar-refractivity contribution is -0.00948. The Hall–Kier alpha value is -3.95. The van der Waals surface area contributed by atoms with Crippen LogP contribution in [0.5, 0.6) is 11.5 Å². The number of likely N-dealkylation sites (tertiary alicyclic amines) is 1. The molecule has 43 heavy (non-hydrogen) atoms. The molecule has 3 heterocycles. The van der Waals surface area contributed by atoms with Crippen molar-refractivity contribution in [1.29, 1.82) is 0 Å². The third kappa shape index (κ3) is 6.84. The molecule has 2 aliphatic heterocycles. The van der Waals surface area contributed by atoms with Crippen molar-refractivity contribution < 1.29 is 27.1 Å². The second-order valence-electron chi connectivity index (χ2n) is 11.1. The van der Waals surface area contributed by atoms with Crippen LogP contribution in [-0.2, 0) is 27.8 Å². The summed E-state index contributed by atoms with van der Waals surface area (Å²) < 4.78 is 50.6. The molecule has 1 saturated heterocycles. The highest BCUT2D eigenvalue weighted by Crippen LogP contribution is 2.41. The number of amides is 1. The second kappa shape index (κ2) is 12.0. The van der Waals surface area contributed by atoms with Gasteiger partial charge in [0.1, 0.15) is 17.2 Å². The van der Waals surface area contributed by atoms with E-state index in [1.807, 2.05) is 36.4 Å². The van der Waals surface area contributed by atoms with Gasteiger partial charge in [0.05, 0.1) is 22.2 Å². The minimum Gasteiger partial charge on any atom is -0.487 e. The predicted molar refractivity (Wildman–Crippen MR) is 162 cm³/mol. The van der Waals surface area contributed by atoms with Crippen LogP contribution in [0.1, 0.15) is 36.1 Å². The van der Waals surface area contributed by atoms with Gasteiger partial charge in [0.15, 0.2) is 15.6 Å². The first-order chi connectivity index (χ1) is 20.7. The molecule has 0 unspecified atom stereocenters. The summed E-state index contributed by atoms with van der Waals surface area (Å²) in [6.45, 7) is 0.962. The van der Waals surface area contributed by atoms with Crippen molar-refractivity contribution in [2.24, 2.45) is 0 Å². The van der Waals surface area contributed by atoms with Gasteiger partial charge in [-0.25, -0.2) is 17.6 Å². The summed E-state index contributed by atoms with van der Waals surface area (Å²) in [6, 6.07) is 22.7. The highest BCUT2D eigenvalue weighted by molar-refractivity contribution is 7.89. The van der Waals surface area contributed by atoms with E-state index < -0.39 is 21.7 Å². The van der Waals surface area contributed by atoms with Gasteiger partial charge in [-0.2, -0.15) is 0 Å². The Balaban J connectivity index is 1.06. The maximum atomic E-state index is 13.3. The van der Waals surface area contributed by atoms with E-state index in [1.54, 1.807) is 29.3 Å². The number of aryl methyl sites for hydroxylation is 1. The molecule has 1 spiro atoms. The number of hydrogen-bond acceptors (Lipinski definition) is 6. The van der Waals surface area contributed by atoms with Gasteiger partial charge in [0.2, 0.25) is 0 Å². The molecule has 222 valence electrons. The quantitative estimate of drug-likeness (QED) is 0.230. The molecule has 7 nitrogen and oxygen atoms in total. The predicted octanol–water partition coefficient (Wildman–Crippen LogP) is 7.01. The zero-order chi connectivity index (χ0) is 30.0. The number of halogens is 2. The fraction of sp³-hybridized carbons (Fsp3) is 0.273. The van der Waals surface area contributed by atoms with Crippen LogP contribution in [0.4, 0.5) is 9.18 Å². The number of nitrogens with zero attached hydrogens (tertiary/aromatic N) is 2. The highest BCUT2D eigenvalue weighted by atomic mass is 35.5. The number of piperidine rings is 1. The van der Waals surface area contributed by atoms with E-state index >= 15 is 0 Å². The zero-order valence-corrected chi connectivity index (χ0v) is 24.9. The van der Waals surface area contributed by atoms with Gasteiger partial charge in [-0.15, -0.1) is 0 Å². The minimum absolute atomic E-state index is 0.0426. The second-order valence-corrected chi connectivity index (χ2v) is 13.6. The molecule has 1 amide bonds. The smallest absolute Gasteiger partial charge is 0.415 e. The molecule has 10 heteroatoms. The summed E-state index contributed by atoms with van der Waals surface area (Å²) in [5, 5.41) is 0.0499. The van der Waals surface area contributed by atoms with Gasteiger partial charge in [-0.05, 0) is 77.6 Å². The average Bonchev–Trinajstić information content (AvgIpc) is 2.99. The molecule has 0 aliphatic carbocycles. The van der Waals surface area contributed by atoms with Crippen molar-refractivity contribution in [1.82, 2.24) is 9.88 Å². The van der Waals surface area contributed by atoms with Crippen molar-refractivity contribution in [3.8, 4) is 22.6 Å². The van der Waals surface area contributed by atoms with Gasteiger partial charge in [-0.1, -0.05) is 48.0 Å². The van der Waals surface area contributed by atoms with E-state index in [2.05, 4.69) is 11.1 Å². The molecule has 6 rings (SSSR count). The number of aromatic nitrogens is 1. The van der Waals surface area contributed by atoms with Crippen LogP contribution in [0.25, 0.3) is 11.1 Å². The molecule has 2 aliphatic rings. The summed E-state index contributed by atoms with van der Waals surface area (Å²) in [7, 11) is -3.34. The summed E-state index contributed by atoms with van der Waals surface area (Å²) in [6.07, 6.45) is 4.11. The number of benzene rings is 3. The van der Waals surface area contributed by atoms with Crippen molar-refractivity contribution in [2.45, 2.75) is 42.8 Å². The zero-order valence-electron chi connectivity index (χ0n) is 23.3. The van der Waals surface area contributed by atoms with Gasteiger partial charge in [0.25, 0.3) is 0 Å². The third-order valence-corrected chi connectivity index (χ3v) is 9.83. The summed E-state index contributed by atoms with van der Waals surface area (Å²) in [5.74, 6) is 0.354. The topological polar surface area (TPSA) is 85.8 Å². The van der Waals surface area contributed by atoms with Crippen molar-refractivity contribution in [2.75, 3.05) is 13.1 Å². The molecule has 0 atom stereocenters. The number of fused-ring (bicyclic) bond motifs is 1. The Kier molecular flexibility index (Phi) is 8.11. The maximum Gasteiger partial charge on any atom is 0.415 e. The van der Waals surface area contributed by atoms with Gasteiger partial charge in [-0.3, -0.25) is 4.98 Å². The van der Waals surface area contributed by atoms with E-state index in [0.717, 1.165) is 46.9 Å². The van der Waals surface area contributed by atoms with Crippen LogP contribution < -0.4 is 9.47 Å². The number of ether oxygens (including phenoxy) is 2. The van der Waals surface area contributed by atoms with Gasteiger partial charge in [0, 0.05) is 32.1 Å². The number of carbonyl (C=O) groups excluding carboxylic acids is 1. The lowest BCUT2D eigenvalue weighted by Gasteiger charge is -2.44. The first kappa shape index (κ1) is 29.1. The van der Waals surface area contributed by atoms with Crippen molar-refractivity contribution in [3.63, 3.8) is 0 Å². The highest BCUT2D eigenvalue weighted by Gasteiger charge is 2.41. The molecule has 0 radical (unpaired) electrons. The number of rotatable bonds is 6. The minimum atomic E-state index is -3.34. The van der Waals surface area contributed by atoms with Crippen molar-refractivity contribution >= 4 is 27.5 Å². The fourth-order valence-corrected chi connectivity index (χ4v) is 7.30. The van der Waals surface area contributed by atoms with Crippen molar-refractivity contribution in [3.05, 3.63) is 113 Å². The number of pyridine rings is 1. The van der Waals surface area contributed by atoms with E-state index in [-0.39, 0.29) is 27.9 Å². The largest absolute Gasteiger partial charge is 0.487 e. The lowest BCUT2D eigenvalue weighted by Crippen LogP contribution is -2.51. The molecule has 0 N–H and O–H groups in total. The van der Waals surface area contributed by atoms with Crippen LogP contribution >= 0.6 is 11.6 Å². The standard InChI is InChI=1S/C33H30ClFN2O5S/c34-29-20-27(35)9-11-31(29)41-32(38)37-17-14-33(15-18-37)13-12-26-19-25(8-10-30(26)42-33)24-6-4-23(5-7-24)21-43(39,40)22-28-3-1-2-16-36-28/h1-11,16,19-20H,12-15,17-18,21-22H2. The SMILES string of the molecule is O=C(Oc1ccc(F)cc1Cl)N1CCC2(CCc3cc(-c4ccc(CS(=O)(=O)Cc5ccccn5)cc4)ccc3O2)CC1. The molecule has 3 aromatic carbocycles. The average molecular weight is 621 g/mol. The first-order valence-electron chi connectivity index (χ1n) is 14.1. The monoisotopic (exact) mass is 620 g/mol. The van der Waals surface area contributed by atoms with Crippen LogP contribution in [0.3, 0.4) is 0 Å². The summed E-state index contributed by atoms with van der Waals surface area (Å²) in [5.41, 5.74) is 4.09. The molecule has 0 bridgehead atoms. The Bertz CT molecular complexity index is 1740. The third-order valence-electron chi connectivity index (χ3n) is 8.03. The van der Waals surface area contributed by atoms with Crippen LogP contribution in [0.15, 0.2) is 85.1 Å². The molecule has 0 saturated carbocycles. The summed E-state index contributed by atoms with van der Waals surface area (Å²) >= 11 is 6.00. The molecular weight excluding hydrogens is 591 g/mol. The van der Waals surface area contributed by atoms with E-state index in [4.69, 9.17) is 21.1 Å². The fourth-order valence-electron chi connectivity index (χ4n) is 5.67. The number of sulfone groups is 1. The van der Waals surface area contributed by atoms with Crippen LogP contribution in [0, 0.1) is 5.82 Å². The van der Waals surface area contributed by atoms with E-state index in [9.17, 15) is 17.6 Å². The maximum absolute atomic E-state index is 13.3. The molecular formula is C33H30ClFN2O5S. The van der Waals surface area contributed by atoms with Gasteiger partial charge >= 0.3 is 6.09 Å². The van der Waals surface area contributed by atoms with Crippen LogP contribution in [-0.4, -0.2) is 43.1 Å². The number of hydrogen-bond donors (Lipinski definition) is 0. The molecule has 1 aromatic heterocycles. The Morgan fingerprint density at radius 1 is 0.953 bits per heavy atom. The molecule has 4 aromatic rings. The Labute approximate surface area is 255 Å². The van der Waals surface area contributed by atoms with E-state index in [1.165, 1.54) is 12.1 Å². The Morgan fingerprint density at radius 3 is 2.44 bits per heavy atom. The summed E-state index contributed by atoms with van der Waals surface area (Å²) in [4.78, 5) is 18.4. The first-order valence-corrected chi connectivity index (χ1v) is 16.3. The van der Waals surface area contributed by atoms with Crippen LogP contribution in [0.2, 0.25) is 5.02 Å². The van der Waals surface area contributed by atoms with E-state index in [0.29, 0.717) is 31.6 Å². The van der Waals surface area contributed by atoms with Gasteiger partial charge < -0.3 is 14.4 Å². The molecule has 1 fully saturated rings. The number of carbonyl (C=O) groups is 1. The normalized spacial score (nSPS) is 15.9.